The van der Waals surface area contributed by atoms with E-state index in [1.54, 1.807) is 6.21 Å². The summed E-state index contributed by atoms with van der Waals surface area (Å²) in [6, 6.07) is 0. The Morgan fingerprint density at radius 1 is 1.00 bits per heavy atom. The molecule has 10 atom stereocenters. The van der Waals surface area contributed by atoms with E-state index in [1.165, 1.54) is 12.8 Å². The van der Waals surface area contributed by atoms with Gasteiger partial charge in [0.1, 0.15) is 0 Å². The van der Waals surface area contributed by atoms with Crippen LogP contribution >= 0.6 is 0 Å². The van der Waals surface area contributed by atoms with Crippen molar-refractivity contribution < 1.29 is 24.2 Å². The minimum atomic E-state index is -2.06. The summed E-state index contributed by atoms with van der Waals surface area (Å²) >= 11 is 0. The molecule has 0 radical (unpaired) electrons. The van der Waals surface area contributed by atoms with Gasteiger partial charge < -0.3 is 24.2 Å². The molecular formula is C28H49NO5Si. The number of oxime groups is 1. The fraction of sp³-hybridized carbons (Fsp3) is 0.964. The van der Waals surface area contributed by atoms with Crippen LogP contribution in [0.15, 0.2) is 5.16 Å². The lowest BCUT2D eigenvalue weighted by molar-refractivity contribution is -0.210. The lowest BCUT2D eigenvalue weighted by Gasteiger charge is -2.64. The molecule has 0 aromatic carbocycles. The number of hydrogen-bond donors (Lipinski definition) is 2. The summed E-state index contributed by atoms with van der Waals surface area (Å²) in [6.07, 6.45) is 8.52. The molecule has 0 spiro atoms. The minimum absolute atomic E-state index is 0.0359. The summed E-state index contributed by atoms with van der Waals surface area (Å²) in [4.78, 5) is 0. The first-order chi connectivity index (χ1) is 16.2. The largest absolute Gasteiger partial charge is 0.413 e. The van der Waals surface area contributed by atoms with Gasteiger partial charge in [0.2, 0.25) is 0 Å². The van der Waals surface area contributed by atoms with Crippen molar-refractivity contribution in [3.05, 3.63) is 0 Å². The highest BCUT2D eigenvalue weighted by atomic mass is 28.4. The van der Waals surface area contributed by atoms with E-state index in [9.17, 15) is 10.3 Å². The second-order valence-electron chi connectivity index (χ2n) is 14.7. The molecule has 200 valence electrons. The van der Waals surface area contributed by atoms with E-state index in [4.69, 9.17) is 13.9 Å². The van der Waals surface area contributed by atoms with Crippen molar-refractivity contribution in [2.24, 2.45) is 39.7 Å². The zero-order chi connectivity index (χ0) is 25.6. The molecular weight excluding hydrogens is 458 g/mol. The van der Waals surface area contributed by atoms with Crippen LogP contribution in [-0.4, -0.2) is 55.0 Å². The van der Waals surface area contributed by atoms with Gasteiger partial charge in [-0.2, -0.15) is 0 Å². The molecule has 4 aliphatic carbocycles. The summed E-state index contributed by atoms with van der Waals surface area (Å²) in [5.41, 5.74) is -0.447. The monoisotopic (exact) mass is 507 g/mol. The van der Waals surface area contributed by atoms with Crippen molar-refractivity contribution in [3.8, 4) is 0 Å². The topological polar surface area (TPSA) is 80.5 Å². The maximum atomic E-state index is 12.0. The van der Waals surface area contributed by atoms with Crippen molar-refractivity contribution in [1.29, 1.82) is 0 Å². The second-order valence-corrected chi connectivity index (χ2v) is 19.5. The van der Waals surface area contributed by atoms with E-state index >= 15 is 0 Å². The molecule has 35 heavy (non-hydrogen) atoms. The summed E-state index contributed by atoms with van der Waals surface area (Å²) < 4.78 is 20.4. The third-order valence-electron chi connectivity index (χ3n) is 11.5. The zero-order valence-electron chi connectivity index (χ0n) is 23.2. The van der Waals surface area contributed by atoms with Crippen LogP contribution in [0.4, 0.5) is 0 Å². The Labute approximate surface area is 213 Å². The van der Waals surface area contributed by atoms with Crippen LogP contribution in [-0.2, 0) is 13.9 Å². The number of hydrogen-bond acceptors (Lipinski definition) is 6. The van der Waals surface area contributed by atoms with E-state index < -0.39 is 25.6 Å². The van der Waals surface area contributed by atoms with E-state index in [0.717, 1.165) is 25.7 Å². The number of nitrogens with zero attached hydrogens (tertiary/aromatic N) is 1. The molecule has 0 bridgehead atoms. The maximum absolute atomic E-state index is 12.0. The molecule has 0 aromatic rings. The van der Waals surface area contributed by atoms with Crippen molar-refractivity contribution in [1.82, 2.24) is 0 Å². The van der Waals surface area contributed by atoms with Gasteiger partial charge in [-0.3, -0.25) is 0 Å². The Kier molecular flexibility index (Phi) is 6.17. The summed E-state index contributed by atoms with van der Waals surface area (Å²) in [5.74, 6) is 0.373. The maximum Gasteiger partial charge on any atom is 0.192 e. The normalized spacial score (nSPS) is 49.4. The van der Waals surface area contributed by atoms with Gasteiger partial charge in [0.15, 0.2) is 14.1 Å². The number of fused-ring (bicyclic) bond motifs is 8. The van der Waals surface area contributed by atoms with E-state index in [-0.39, 0.29) is 46.5 Å². The van der Waals surface area contributed by atoms with Gasteiger partial charge in [-0.1, -0.05) is 40.5 Å². The van der Waals surface area contributed by atoms with Crippen LogP contribution in [0.2, 0.25) is 18.1 Å². The van der Waals surface area contributed by atoms with Gasteiger partial charge in [0.05, 0.1) is 30.6 Å². The van der Waals surface area contributed by atoms with Crippen LogP contribution in [0.1, 0.15) is 86.5 Å². The van der Waals surface area contributed by atoms with E-state index in [2.05, 4.69) is 45.9 Å². The fourth-order valence-electron chi connectivity index (χ4n) is 9.05. The van der Waals surface area contributed by atoms with Crippen molar-refractivity contribution >= 4 is 14.5 Å². The zero-order valence-corrected chi connectivity index (χ0v) is 24.2. The highest BCUT2D eigenvalue weighted by Gasteiger charge is 2.71. The molecule has 1 aliphatic heterocycles. The van der Waals surface area contributed by atoms with Crippen LogP contribution in [0.3, 0.4) is 0 Å². The lowest BCUT2D eigenvalue weighted by Crippen LogP contribution is -2.67. The molecule has 5 fully saturated rings. The number of ether oxygens (including phenoxy) is 2. The number of aliphatic hydroxyl groups is 1. The molecule has 1 saturated heterocycles. The quantitative estimate of drug-likeness (QED) is 0.213. The fourth-order valence-corrected chi connectivity index (χ4v) is 10.5. The summed E-state index contributed by atoms with van der Waals surface area (Å²) in [5, 5.41) is 25.6. The summed E-state index contributed by atoms with van der Waals surface area (Å²) in [7, 11) is -2.06. The van der Waals surface area contributed by atoms with Gasteiger partial charge in [0.25, 0.3) is 0 Å². The number of aliphatic hydroxyl groups excluding tert-OH is 1. The molecule has 4 saturated carbocycles. The van der Waals surface area contributed by atoms with Gasteiger partial charge in [-0.25, -0.2) is 0 Å². The predicted molar refractivity (Wildman–Crippen MR) is 139 cm³/mol. The Hall–Kier alpha value is -0.473. The predicted octanol–water partition coefficient (Wildman–Crippen LogP) is 5.96. The standard InChI is InChI=1S/C28H49NO5Si/c1-25(2,3)35(7,8)34-20-13-12-17-21-22(19(30)15-28(17,20)16-29-31)27(6)14-10-9-11-18(27)23-24(21)33-26(4,5)32-23/h16-24,30-31H,9-15H2,1-8H3/b29-16+/t17?,18?,19?,20-,21?,22?,23+,24+,27-,28+/m0/s1. The third-order valence-corrected chi connectivity index (χ3v) is 15.9. The Balaban J connectivity index is 1.58. The summed E-state index contributed by atoms with van der Waals surface area (Å²) in [6.45, 7) is 17.9. The Bertz CT molecular complexity index is 855. The highest BCUT2D eigenvalue weighted by Crippen LogP contribution is 2.68. The minimum Gasteiger partial charge on any atom is -0.413 e. The Morgan fingerprint density at radius 2 is 1.69 bits per heavy atom. The molecule has 7 heteroatoms. The molecule has 2 N–H and O–H groups in total. The van der Waals surface area contributed by atoms with Crippen molar-refractivity contribution in [2.75, 3.05) is 0 Å². The molecule has 5 aliphatic rings. The smallest absolute Gasteiger partial charge is 0.192 e. The average Bonchev–Trinajstić information content (AvgIpc) is 3.23. The SMILES string of the molecule is CC1(C)O[C@@H]2C3C(C(O)C[C@@]4(/C=N/O)C3CC[C@@H]4O[Si](C)(C)C(C)(C)C)[C@@]3(C)CCCCC3[C@H]2O1. The van der Waals surface area contributed by atoms with Gasteiger partial charge in [-0.05, 0) is 93.2 Å². The first kappa shape index (κ1) is 26.1. The number of rotatable bonds is 3. The molecule has 0 aromatic heterocycles. The van der Waals surface area contributed by atoms with E-state index in [0.29, 0.717) is 12.3 Å². The average molecular weight is 508 g/mol. The second kappa shape index (κ2) is 8.26. The lowest BCUT2D eigenvalue weighted by atomic mass is 9.43. The molecule has 1 heterocycles. The van der Waals surface area contributed by atoms with Gasteiger partial charge in [0, 0.05) is 5.41 Å². The van der Waals surface area contributed by atoms with Crippen LogP contribution in [0.5, 0.6) is 0 Å². The first-order valence-corrected chi connectivity index (χ1v) is 17.0. The molecule has 5 rings (SSSR count). The highest BCUT2D eigenvalue weighted by molar-refractivity contribution is 6.74. The van der Waals surface area contributed by atoms with Gasteiger partial charge >= 0.3 is 0 Å². The molecule has 6 nitrogen and oxygen atoms in total. The van der Waals surface area contributed by atoms with Crippen LogP contribution in [0, 0.1) is 34.5 Å². The van der Waals surface area contributed by atoms with E-state index in [1.807, 2.05) is 13.8 Å². The Morgan fingerprint density at radius 3 is 2.34 bits per heavy atom. The van der Waals surface area contributed by atoms with Gasteiger partial charge in [-0.15, -0.1) is 5.16 Å². The molecule has 5 unspecified atom stereocenters. The molecule has 0 amide bonds. The van der Waals surface area contributed by atoms with Crippen molar-refractivity contribution in [3.63, 3.8) is 0 Å². The third kappa shape index (κ3) is 3.81. The van der Waals surface area contributed by atoms with Crippen molar-refractivity contribution in [2.45, 2.75) is 135 Å². The first-order valence-electron chi connectivity index (χ1n) is 14.1. The van der Waals surface area contributed by atoms with Crippen LogP contribution in [0.25, 0.3) is 0 Å². The van der Waals surface area contributed by atoms with Crippen LogP contribution < -0.4 is 0 Å².